The summed E-state index contributed by atoms with van der Waals surface area (Å²) in [6.07, 6.45) is 3.34. The zero-order valence-corrected chi connectivity index (χ0v) is 13.5. The number of rotatable bonds is 8. The minimum atomic E-state index is 0.296. The fourth-order valence-corrected chi connectivity index (χ4v) is 2.42. The van der Waals surface area contributed by atoms with Crippen LogP contribution in [0.15, 0.2) is 30.3 Å². The molecule has 1 rings (SSSR count). The number of aliphatic hydroxyl groups is 1. The Balaban J connectivity index is 2.52. The highest BCUT2D eigenvalue weighted by atomic mass is 16.3. The molecular formula is C18H31NO. The lowest BCUT2D eigenvalue weighted by Gasteiger charge is -2.27. The van der Waals surface area contributed by atoms with E-state index in [1.165, 1.54) is 5.56 Å². The van der Waals surface area contributed by atoms with Gasteiger partial charge in [0.05, 0.1) is 0 Å². The van der Waals surface area contributed by atoms with Gasteiger partial charge in [0.2, 0.25) is 0 Å². The van der Waals surface area contributed by atoms with E-state index in [1.807, 2.05) is 0 Å². The molecule has 1 aromatic carbocycles. The van der Waals surface area contributed by atoms with Crippen molar-refractivity contribution in [2.45, 2.75) is 53.0 Å². The van der Waals surface area contributed by atoms with Crippen molar-refractivity contribution in [3.63, 3.8) is 0 Å². The van der Waals surface area contributed by atoms with Gasteiger partial charge in [-0.15, -0.1) is 0 Å². The summed E-state index contributed by atoms with van der Waals surface area (Å²) < 4.78 is 0. The Labute approximate surface area is 124 Å². The second-order valence-electron chi connectivity index (χ2n) is 7.11. The molecule has 2 atom stereocenters. The first-order valence-electron chi connectivity index (χ1n) is 7.81. The van der Waals surface area contributed by atoms with Crippen LogP contribution in [0.2, 0.25) is 0 Å². The summed E-state index contributed by atoms with van der Waals surface area (Å²) in [6, 6.07) is 11.1. The normalized spacial score (nSPS) is 15.1. The molecular weight excluding hydrogens is 246 g/mol. The van der Waals surface area contributed by atoms with Gasteiger partial charge in [0.15, 0.2) is 0 Å². The maximum absolute atomic E-state index is 9.05. The van der Waals surface area contributed by atoms with Gasteiger partial charge >= 0.3 is 0 Å². The second kappa shape index (κ2) is 8.43. The third-order valence-electron chi connectivity index (χ3n) is 3.59. The zero-order chi connectivity index (χ0) is 15.0. The Morgan fingerprint density at radius 3 is 2.35 bits per heavy atom. The first kappa shape index (κ1) is 17.2. The van der Waals surface area contributed by atoms with Crippen molar-refractivity contribution >= 4 is 0 Å². The maximum atomic E-state index is 9.05. The van der Waals surface area contributed by atoms with Gasteiger partial charge in [-0.3, -0.25) is 0 Å². The molecule has 0 spiro atoms. The Bertz CT molecular complexity index is 355. The Morgan fingerprint density at radius 2 is 1.80 bits per heavy atom. The maximum Gasteiger partial charge on any atom is 0.0456 e. The van der Waals surface area contributed by atoms with E-state index in [9.17, 15) is 0 Å². The van der Waals surface area contributed by atoms with Crippen molar-refractivity contribution in [3.05, 3.63) is 35.9 Å². The van der Waals surface area contributed by atoms with Crippen LogP contribution in [0.3, 0.4) is 0 Å². The van der Waals surface area contributed by atoms with Gasteiger partial charge in [-0.25, -0.2) is 0 Å². The largest absolute Gasteiger partial charge is 0.396 e. The molecule has 2 N–H and O–H groups in total. The molecule has 0 saturated heterocycles. The minimum absolute atomic E-state index is 0.296. The summed E-state index contributed by atoms with van der Waals surface area (Å²) in [6.45, 7) is 10.3. The molecule has 0 heterocycles. The Kier molecular flexibility index (Phi) is 7.25. The highest BCUT2D eigenvalue weighted by Gasteiger charge is 2.19. The van der Waals surface area contributed by atoms with Crippen molar-refractivity contribution in [3.8, 4) is 0 Å². The van der Waals surface area contributed by atoms with Gasteiger partial charge in [-0.1, -0.05) is 58.0 Å². The van der Waals surface area contributed by atoms with E-state index in [0.717, 1.165) is 25.8 Å². The summed E-state index contributed by atoms with van der Waals surface area (Å²) in [5.74, 6) is 0.412. The molecule has 0 saturated carbocycles. The Morgan fingerprint density at radius 1 is 1.15 bits per heavy atom. The zero-order valence-electron chi connectivity index (χ0n) is 13.5. The second-order valence-corrected chi connectivity index (χ2v) is 7.11. The van der Waals surface area contributed by atoms with Crippen LogP contribution in [-0.4, -0.2) is 18.3 Å². The lowest BCUT2D eigenvalue weighted by Crippen LogP contribution is -2.27. The topological polar surface area (TPSA) is 32.3 Å². The molecule has 1 aromatic rings. The number of aliphatic hydroxyl groups excluding tert-OH is 1. The van der Waals surface area contributed by atoms with Gasteiger partial charge in [-0.2, -0.15) is 0 Å². The molecule has 0 fully saturated rings. The highest BCUT2D eigenvalue weighted by molar-refractivity contribution is 5.19. The fourth-order valence-electron chi connectivity index (χ4n) is 2.42. The smallest absolute Gasteiger partial charge is 0.0456 e. The molecule has 0 aliphatic rings. The summed E-state index contributed by atoms with van der Waals surface area (Å²) in [4.78, 5) is 0. The van der Waals surface area contributed by atoms with E-state index >= 15 is 0 Å². The lowest BCUT2D eigenvalue weighted by atomic mass is 9.85. The SMILES string of the molecule is CC(CO)CCCNC(CC(C)(C)C)c1ccccc1. The van der Waals surface area contributed by atoms with E-state index in [2.05, 4.69) is 63.3 Å². The number of hydrogen-bond acceptors (Lipinski definition) is 2. The van der Waals surface area contributed by atoms with Crippen LogP contribution in [-0.2, 0) is 0 Å². The first-order valence-corrected chi connectivity index (χ1v) is 7.81. The highest BCUT2D eigenvalue weighted by Crippen LogP contribution is 2.29. The van der Waals surface area contributed by atoms with Gasteiger partial charge in [-0.05, 0) is 42.7 Å². The van der Waals surface area contributed by atoms with Crippen molar-refractivity contribution in [2.24, 2.45) is 11.3 Å². The first-order chi connectivity index (χ1) is 9.42. The molecule has 0 amide bonds. The van der Waals surface area contributed by atoms with Gasteiger partial charge in [0.25, 0.3) is 0 Å². The minimum Gasteiger partial charge on any atom is -0.396 e. The molecule has 2 unspecified atom stereocenters. The standard InChI is InChI=1S/C18H31NO/c1-15(14-20)9-8-12-19-17(13-18(2,3)4)16-10-6-5-7-11-16/h5-7,10-11,15,17,19-20H,8-9,12-14H2,1-4H3. The van der Waals surface area contributed by atoms with Crippen LogP contribution in [0.5, 0.6) is 0 Å². The van der Waals surface area contributed by atoms with Crippen LogP contribution in [0, 0.1) is 11.3 Å². The van der Waals surface area contributed by atoms with Crippen molar-refractivity contribution in [1.82, 2.24) is 5.32 Å². The van der Waals surface area contributed by atoms with E-state index in [-0.39, 0.29) is 0 Å². The molecule has 2 heteroatoms. The van der Waals surface area contributed by atoms with Crippen molar-refractivity contribution in [1.29, 1.82) is 0 Å². The average molecular weight is 277 g/mol. The van der Waals surface area contributed by atoms with Crippen LogP contribution in [0.1, 0.15) is 58.6 Å². The quantitative estimate of drug-likeness (QED) is 0.699. The summed E-state index contributed by atoms with van der Waals surface area (Å²) in [5.41, 5.74) is 1.68. The molecule has 20 heavy (non-hydrogen) atoms. The molecule has 0 aliphatic heterocycles. The monoisotopic (exact) mass is 277 g/mol. The molecule has 0 aliphatic carbocycles. The van der Waals surface area contributed by atoms with Crippen LogP contribution >= 0.6 is 0 Å². The Hall–Kier alpha value is -0.860. The van der Waals surface area contributed by atoms with Gasteiger partial charge < -0.3 is 10.4 Å². The lowest BCUT2D eigenvalue weighted by molar-refractivity contribution is 0.226. The predicted octanol–water partition coefficient (Wildman–Crippen LogP) is 4.16. The summed E-state index contributed by atoms with van der Waals surface area (Å²) in [5, 5.41) is 12.7. The number of nitrogens with one attached hydrogen (secondary N) is 1. The van der Waals surface area contributed by atoms with Crippen LogP contribution < -0.4 is 5.32 Å². The molecule has 0 bridgehead atoms. The molecule has 114 valence electrons. The summed E-state index contributed by atoms with van der Waals surface area (Å²) in [7, 11) is 0. The molecule has 0 radical (unpaired) electrons. The fraction of sp³-hybridized carbons (Fsp3) is 0.667. The number of benzene rings is 1. The van der Waals surface area contributed by atoms with E-state index in [1.54, 1.807) is 0 Å². The van der Waals surface area contributed by atoms with Crippen LogP contribution in [0.25, 0.3) is 0 Å². The molecule has 0 aromatic heterocycles. The number of hydrogen-bond donors (Lipinski definition) is 2. The predicted molar refractivity (Wildman–Crippen MR) is 86.7 cm³/mol. The van der Waals surface area contributed by atoms with E-state index < -0.39 is 0 Å². The van der Waals surface area contributed by atoms with E-state index in [4.69, 9.17) is 5.11 Å². The third-order valence-corrected chi connectivity index (χ3v) is 3.59. The average Bonchev–Trinajstić information content (AvgIpc) is 2.41. The van der Waals surface area contributed by atoms with Crippen LogP contribution in [0.4, 0.5) is 0 Å². The van der Waals surface area contributed by atoms with Crippen molar-refractivity contribution in [2.75, 3.05) is 13.2 Å². The van der Waals surface area contributed by atoms with Crippen molar-refractivity contribution < 1.29 is 5.11 Å². The van der Waals surface area contributed by atoms with Gasteiger partial charge in [0, 0.05) is 12.6 Å². The third kappa shape index (κ3) is 7.06. The molecule has 2 nitrogen and oxygen atoms in total. The van der Waals surface area contributed by atoms with Gasteiger partial charge in [0.1, 0.15) is 0 Å². The van der Waals surface area contributed by atoms with E-state index in [0.29, 0.717) is 24.0 Å². The summed E-state index contributed by atoms with van der Waals surface area (Å²) >= 11 is 0.